The Kier molecular flexibility index (Phi) is 4.40. The van der Waals surface area contributed by atoms with Crippen LogP contribution in [0.1, 0.15) is 6.92 Å². The van der Waals surface area contributed by atoms with Gasteiger partial charge in [0.15, 0.2) is 5.82 Å². The second-order valence-corrected chi connectivity index (χ2v) is 5.68. The van der Waals surface area contributed by atoms with Crippen molar-refractivity contribution in [1.29, 1.82) is 0 Å². The first-order chi connectivity index (χ1) is 11.0. The molecule has 3 rings (SSSR count). The first-order valence-electron chi connectivity index (χ1n) is 7.18. The van der Waals surface area contributed by atoms with Gasteiger partial charge in [-0.2, -0.15) is 0 Å². The van der Waals surface area contributed by atoms with Gasteiger partial charge in [-0.25, -0.2) is 9.97 Å². The number of hydrogen-bond donors (Lipinski definition) is 0. The fourth-order valence-electron chi connectivity index (χ4n) is 2.48. The molecule has 0 spiro atoms. The number of hydrogen-bond acceptors (Lipinski definition) is 6. The summed E-state index contributed by atoms with van der Waals surface area (Å²) in [6, 6.07) is 8.01. The lowest BCUT2D eigenvalue weighted by Gasteiger charge is -2.34. The minimum absolute atomic E-state index is 0.0257. The van der Waals surface area contributed by atoms with Gasteiger partial charge in [-0.15, -0.1) is 0 Å². The molecule has 0 saturated carbocycles. The number of halogens is 1. The first-order valence-corrected chi connectivity index (χ1v) is 7.56. The maximum absolute atomic E-state index is 10.7. The highest BCUT2D eigenvalue weighted by Crippen LogP contribution is 2.26. The lowest BCUT2D eigenvalue weighted by atomic mass is 10.2. The van der Waals surface area contributed by atoms with Crippen LogP contribution in [0, 0.1) is 10.1 Å². The molecule has 1 fully saturated rings. The van der Waals surface area contributed by atoms with Crippen LogP contribution >= 0.6 is 11.6 Å². The third-order valence-electron chi connectivity index (χ3n) is 3.68. The summed E-state index contributed by atoms with van der Waals surface area (Å²) in [6.45, 7) is 4.06. The van der Waals surface area contributed by atoms with E-state index in [2.05, 4.69) is 21.8 Å². The Morgan fingerprint density at radius 2 is 2.09 bits per heavy atom. The molecule has 2 heterocycles. The van der Waals surface area contributed by atoms with Crippen LogP contribution < -0.4 is 4.90 Å². The van der Waals surface area contributed by atoms with Crippen LogP contribution in [0.25, 0.3) is 11.4 Å². The summed E-state index contributed by atoms with van der Waals surface area (Å²) >= 11 is 6.13. The van der Waals surface area contributed by atoms with E-state index in [1.165, 1.54) is 12.1 Å². The van der Waals surface area contributed by atoms with Gasteiger partial charge >= 0.3 is 0 Å². The van der Waals surface area contributed by atoms with Crippen molar-refractivity contribution in [1.82, 2.24) is 9.97 Å². The molecule has 7 nitrogen and oxygen atoms in total. The molecule has 1 aromatic heterocycles. The van der Waals surface area contributed by atoms with Crippen molar-refractivity contribution < 1.29 is 9.66 Å². The maximum Gasteiger partial charge on any atom is 0.269 e. The first kappa shape index (κ1) is 15.6. The zero-order valence-electron chi connectivity index (χ0n) is 12.5. The number of nitrogens with zero attached hydrogens (tertiary/aromatic N) is 4. The van der Waals surface area contributed by atoms with Crippen LogP contribution in [0.4, 0.5) is 11.5 Å². The van der Waals surface area contributed by atoms with Gasteiger partial charge in [0, 0.05) is 30.3 Å². The summed E-state index contributed by atoms with van der Waals surface area (Å²) in [5, 5.41) is 11.1. The van der Waals surface area contributed by atoms with Gasteiger partial charge in [0.05, 0.1) is 24.2 Å². The van der Waals surface area contributed by atoms with Crippen molar-refractivity contribution >= 4 is 23.1 Å². The highest BCUT2D eigenvalue weighted by Gasteiger charge is 2.21. The third-order valence-corrected chi connectivity index (χ3v) is 3.87. The second-order valence-electron chi connectivity index (χ2n) is 5.29. The van der Waals surface area contributed by atoms with Crippen molar-refractivity contribution in [2.24, 2.45) is 0 Å². The number of morpholine rings is 1. The van der Waals surface area contributed by atoms with Crippen molar-refractivity contribution in [3.8, 4) is 11.4 Å². The predicted molar refractivity (Wildman–Crippen MR) is 86.8 cm³/mol. The fraction of sp³-hybridized carbons (Fsp3) is 0.333. The number of aromatic nitrogens is 2. The smallest absolute Gasteiger partial charge is 0.269 e. The summed E-state index contributed by atoms with van der Waals surface area (Å²) in [5.41, 5.74) is 0.707. The molecule has 0 aliphatic carbocycles. The lowest BCUT2D eigenvalue weighted by molar-refractivity contribution is -0.384. The second kappa shape index (κ2) is 6.47. The van der Waals surface area contributed by atoms with Crippen LogP contribution in [0.5, 0.6) is 0 Å². The molecule has 0 radical (unpaired) electrons. The van der Waals surface area contributed by atoms with Crippen LogP contribution in [0.15, 0.2) is 30.3 Å². The van der Waals surface area contributed by atoms with Gasteiger partial charge in [-0.1, -0.05) is 11.6 Å². The zero-order valence-corrected chi connectivity index (χ0v) is 13.2. The molecule has 120 valence electrons. The topological polar surface area (TPSA) is 81.4 Å². The van der Waals surface area contributed by atoms with Crippen LogP contribution in [-0.2, 0) is 4.74 Å². The molecule has 0 amide bonds. The minimum Gasteiger partial charge on any atom is -0.377 e. The Morgan fingerprint density at radius 3 is 2.74 bits per heavy atom. The summed E-state index contributed by atoms with van der Waals surface area (Å²) in [4.78, 5) is 21.2. The monoisotopic (exact) mass is 334 g/mol. The molecule has 1 aliphatic rings. The summed E-state index contributed by atoms with van der Waals surface area (Å²) < 4.78 is 5.43. The molecule has 2 aromatic rings. The van der Waals surface area contributed by atoms with Gasteiger partial charge in [0.25, 0.3) is 5.69 Å². The largest absolute Gasteiger partial charge is 0.377 e. The molecule has 0 bridgehead atoms. The van der Waals surface area contributed by atoms with E-state index in [1.807, 2.05) is 0 Å². The van der Waals surface area contributed by atoms with Crippen LogP contribution in [0.2, 0.25) is 5.15 Å². The quantitative estimate of drug-likeness (QED) is 0.487. The van der Waals surface area contributed by atoms with E-state index < -0.39 is 4.92 Å². The van der Waals surface area contributed by atoms with Crippen LogP contribution in [0.3, 0.4) is 0 Å². The highest BCUT2D eigenvalue weighted by molar-refractivity contribution is 6.29. The Bertz CT molecular complexity index is 723. The predicted octanol–water partition coefficient (Wildman–Crippen LogP) is 2.93. The molecule has 0 N–H and O–H groups in total. The SMILES string of the molecule is C[C@@H]1COCCN1c1cc(Cl)nc(-c2ccc([N+](=O)[O-])cc2)n1. The van der Waals surface area contributed by atoms with E-state index in [4.69, 9.17) is 16.3 Å². The maximum atomic E-state index is 10.7. The van der Waals surface area contributed by atoms with Gasteiger partial charge in [-0.3, -0.25) is 10.1 Å². The number of nitro benzene ring substituents is 1. The van der Waals surface area contributed by atoms with Crippen molar-refractivity contribution in [2.45, 2.75) is 13.0 Å². The highest BCUT2D eigenvalue weighted by atomic mass is 35.5. The molecule has 23 heavy (non-hydrogen) atoms. The summed E-state index contributed by atoms with van der Waals surface area (Å²) in [6.07, 6.45) is 0. The Balaban J connectivity index is 1.95. The van der Waals surface area contributed by atoms with Crippen molar-refractivity contribution in [3.63, 3.8) is 0 Å². The summed E-state index contributed by atoms with van der Waals surface area (Å²) in [7, 11) is 0. The van der Waals surface area contributed by atoms with Gasteiger partial charge in [0.1, 0.15) is 11.0 Å². The lowest BCUT2D eigenvalue weighted by Crippen LogP contribution is -2.44. The van der Waals surface area contributed by atoms with Gasteiger partial charge in [-0.05, 0) is 19.1 Å². The summed E-state index contributed by atoms with van der Waals surface area (Å²) in [5.74, 6) is 1.18. The molecule has 1 atom stereocenters. The number of rotatable bonds is 3. The number of anilines is 1. The third kappa shape index (κ3) is 3.40. The van der Waals surface area contributed by atoms with Gasteiger partial charge in [0.2, 0.25) is 0 Å². The van der Waals surface area contributed by atoms with E-state index in [-0.39, 0.29) is 11.7 Å². The Morgan fingerprint density at radius 1 is 1.35 bits per heavy atom. The molecular formula is C15H15ClN4O3. The van der Waals surface area contributed by atoms with Crippen molar-refractivity contribution in [3.05, 3.63) is 45.6 Å². The molecule has 0 unspecified atom stereocenters. The number of ether oxygens (including phenoxy) is 1. The zero-order chi connectivity index (χ0) is 16.4. The Hall–Kier alpha value is -2.25. The number of benzene rings is 1. The average molecular weight is 335 g/mol. The van der Waals surface area contributed by atoms with Gasteiger partial charge < -0.3 is 9.64 Å². The molecule has 1 saturated heterocycles. The number of nitro groups is 1. The van der Waals surface area contributed by atoms with Crippen molar-refractivity contribution in [2.75, 3.05) is 24.7 Å². The van der Waals surface area contributed by atoms with Crippen LogP contribution in [-0.4, -0.2) is 40.7 Å². The molecule has 1 aromatic carbocycles. The van der Waals surface area contributed by atoms with E-state index in [9.17, 15) is 10.1 Å². The standard InChI is InChI=1S/C15H15ClN4O3/c1-10-9-23-7-6-19(10)14-8-13(16)17-15(18-14)11-2-4-12(5-3-11)20(21)22/h2-5,8,10H,6-7,9H2,1H3/t10-/m1/s1. The Labute approximate surface area is 138 Å². The van der Waals surface area contributed by atoms with E-state index in [0.717, 1.165) is 12.4 Å². The minimum atomic E-state index is -0.441. The average Bonchev–Trinajstić information content (AvgIpc) is 2.55. The number of non-ortho nitro benzene ring substituents is 1. The fourth-order valence-corrected chi connectivity index (χ4v) is 2.66. The van der Waals surface area contributed by atoms with E-state index in [1.54, 1.807) is 18.2 Å². The molecule has 1 aliphatic heterocycles. The normalized spacial score (nSPS) is 18.0. The molecule has 8 heteroatoms. The molecular weight excluding hydrogens is 320 g/mol. The van der Waals surface area contributed by atoms with E-state index in [0.29, 0.717) is 29.8 Å². The van der Waals surface area contributed by atoms with E-state index >= 15 is 0 Å².